The number of imide groups is 1. The molecule has 0 saturated carbocycles. The lowest BCUT2D eigenvalue weighted by molar-refractivity contribution is -0.132. The Morgan fingerprint density at radius 3 is 2.36 bits per heavy atom. The van der Waals surface area contributed by atoms with Gasteiger partial charge in [0.2, 0.25) is 0 Å². The van der Waals surface area contributed by atoms with E-state index >= 15 is 0 Å². The fourth-order valence-corrected chi connectivity index (χ4v) is 3.12. The van der Waals surface area contributed by atoms with E-state index < -0.39 is 29.4 Å². The van der Waals surface area contributed by atoms with Gasteiger partial charge in [-0.05, 0) is 29.7 Å². The third-order valence-corrected chi connectivity index (χ3v) is 4.58. The molecule has 3 rings (SSSR count). The number of rotatable bonds is 5. The summed E-state index contributed by atoms with van der Waals surface area (Å²) in [6.07, 6.45) is -0.655. The van der Waals surface area contributed by atoms with E-state index in [1.54, 1.807) is 31.2 Å². The minimum Gasteiger partial charge on any atom is -0.387 e. The zero-order valence-electron chi connectivity index (χ0n) is 13.8. The molecule has 2 aromatic rings. The molecule has 0 radical (unpaired) electrons. The summed E-state index contributed by atoms with van der Waals surface area (Å²) in [6, 6.07) is 13.8. The van der Waals surface area contributed by atoms with Crippen LogP contribution in [0.5, 0.6) is 0 Å². The molecule has 2 aromatic carbocycles. The third kappa shape index (κ3) is 3.00. The molecule has 6 heteroatoms. The highest BCUT2D eigenvalue weighted by atomic mass is 19.1. The highest BCUT2D eigenvalue weighted by Gasteiger charge is 2.51. The van der Waals surface area contributed by atoms with Gasteiger partial charge in [0.1, 0.15) is 11.4 Å². The lowest BCUT2D eigenvalue weighted by Gasteiger charge is -2.26. The van der Waals surface area contributed by atoms with Crippen molar-refractivity contribution in [1.29, 1.82) is 0 Å². The Morgan fingerprint density at radius 2 is 1.76 bits per heavy atom. The Balaban J connectivity index is 1.87. The number of β-amino-alcohol motifs (C(OH)–C–C–N with tert-alkyl or cyclic N) is 1. The topological polar surface area (TPSA) is 69.6 Å². The second-order valence-corrected chi connectivity index (χ2v) is 6.04. The highest BCUT2D eigenvalue weighted by molar-refractivity contribution is 6.07. The molecule has 0 aromatic heterocycles. The number of nitrogens with one attached hydrogen (secondary N) is 1. The van der Waals surface area contributed by atoms with Crippen molar-refractivity contribution < 1.29 is 19.1 Å². The maximum Gasteiger partial charge on any atom is 0.325 e. The zero-order chi connectivity index (χ0) is 18.0. The second-order valence-electron chi connectivity index (χ2n) is 6.04. The Kier molecular flexibility index (Phi) is 4.55. The summed E-state index contributed by atoms with van der Waals surface area (Å²) >= 11 is 0. The van der Waals surface area contributed by atoms with Crippen LogP contribution in [0.1, 0.15) is 30.6 Å². The molecule has 1 heterocycles. The smallest absolute Gasteiger partial charge is 0.325 e. The molecule has 5 nitrogen and oxygen atoms in total. The SMILES string of the molecule is CCC1(c2ccc(F)cc2)NC(=O)N(CC(O)c2ccccc2)C1=O. The van der Waals surface area contributed by atoms with Crippen molar-refractivity contribution in [3.63, 3.8) is 0 Å². The van der Waals surface area contributed by atoms with E-state index in [1.807, 2.05) is 6.07 Å². The van der Waals surface area contributed by atoms with Gasteiger partial charge in [-0.25, -0.2) is 9.18 Å². The van der Waals surface area contributed by atoms with Crippen molar-refractivity contribution in [2.45, 2.75) is 25.0 Å². The Hall–Kier alpha value is -2.73. The maximum atomic E-state index is 13.2. The molecular formula is C19H19FN2O3. The van der Waals surface area contributed by atoms with E-state index in [2.05, 4.69) is 5.32 Å². The van der Waals surface area contributed by atoms with Gasteiger partial charge < -0.3 is 10.4 Å². The fraction of sp³-hybridized carbons (Fsp3) is 0.263. The lowest BCUT2D eigenvalue weighted by Crippen LogP contribution is -2.43. The summed E-state index contributed by atoms with van der Waals surface area (Å²) in [7, 11) is 0. The predicted octanol–water partition coefficient (Wildman–Crippen LogP) is 2.72. The van der Waals surface area contributed by atoms with Crippen LogP contribution in [0.4, 0.5) is 9.18 Å². The number of nitrogens with zero attached hydrogens (tertiary/aromatic N) is 1. The average molecular weight is 342 g/mol. The van der Waals surface area contributed by atoms with E-state index in [0.29, 0.717) is 17.5 Å². The molecule has 0 bridgehead atoms. The fourth-order valence-electron chi connectivity index (χ4n) is 3.12. The standard InChI is InChI=1S/C19H19FN2O3/c1-2-19(14-8-10-15(20)11-9-14)17(24)22(18(25)21-19)12-16(23)13-6-4-3-5-7-13/h3-11,16,23H,2,12H2,1H3,(H,21,25). The van der Waals surface area contributed by atoms with Crippen molar-refractivity contribution in [2.75, 3.05) is 6.54 Å². The third-order valence-electron chi connectivity index (χ3n) is 4.58. The van der Waals surface area contributed by atoms with Crippen LogP contribution >= 0.6 is 0 Å². The number of aliphatic hydroxyl groups excluding tert-OH is 1. The number of benzene rings is 2. The molecular weight excluding hydrogens is 323 g/mol. The summed E-state index contributed by atoms with van der Waals surface area (Å²) in [5, 5.41) is 13.1. The number of carbonyl (C=O) groups is 2. The summed E-state index contributed by atoms with van der Waals surface area (Å²) in [5.74, 6) is -0.857. The van der Waals surface area contributed by atoms with Gasteiger partial charge in [-0.1, -0.05) is 49.4 Å². The number of carbonyl (C=O) groups excluding carboxylic acids is 2. The van der Waals surface area contributed by atoms with Gasteiger partial charge in [0.05, 0.1) is 12.6 Å². The van der Waals surface area contributed by atoms with Crippen LogP contribution in [0, 0.1) is 5.82 Å². The van der Waals surface area contributed by atoms with Gasteiger partial charge >= 0.3 is 6.03 Å². The van der Waals surface area contributed by atoms with Gasteiger partial charge in [-0.2, -0.15) is 0 Å². The maximum absolute atomic E-state index is 13.2. The van der Waals surface area contributed by atoms with Gasteiger partial charge in [-0.3, -0.25) is 9.69 Å². The van der Waals surface area contributed by atoms with Crippen molar-refractivity contribution in [1.82, 2.24) is 10.2 Å². The van der Waals surface area contributed by atoms with E-state index in [1.165, 1.54) is 24.3 Å². The summed E-state index contributed by atoms with van der Waals surface area (Å²) < 4.78 is 13.2. The number of amides is 3. The van der Waals surface area contributed by atoms with E-state index in [9.17, 15) is 19.1 Å². The molecule has 2 N–H and O–H groups in total. The van der Waals surface area contributed by atoms with Crippen LogP contribution in [0.2, 0.25) is 0 Å². The van der Waals surface area contributed by atoms with E-state index in [-0.39, 0.29) is 6.54 Å². The number of hydrogen-bond donors (Lipinski definition) is 2. The quantitative estimate of drug-likeness (QED) is 0.821. The molecule has 0 spiro atoms. The van der Waals surface area contributed by atoms with Crippen LogP contribution in [-0.2, 0) is 10.3 Å². The molecule has 25 heavy (non-hydrogen) atoms. The Morgan fingerprint density at radius 1 is 1.12 bits per heavy atom. The molecule has 3 amide bonds. The average Bonchev–Trinajstić information content (AvgIpc) is 2.88. The monoisotopic (exact) mass is 342 g/mol. The zero-order valence-corrected chi connectivity index (χ0v) is 13.8. The van der Waals surface area contributed by atoms with Crippen LogP contribution in [-0.4, -0.2) is 28.5 Å². The van der Waals surface area contributed by atoms with Crippen LogP contribution < -0.4 is 5.32 Å². The van der Waals surface area contributed by atoms with E-state index in [4.69, 9.17) is 0 Å². The normalized spacial score (nSPS) is 21.3. The molecule has 130 valence electrons. The molecule has 1 fully saturated rings. The Labute approximate surface area is 145 Å². The van der Waals surface area contributed by atoms with Crippen LogP contribution in [0.15, 0.2) is 54.6 Å². The first-order valence-corrected chi connectivity index (χ1v) is 8.11. The molecule has 2 unspecified atom stereocenters. The molecule has 2 atom stereocenters. The minimum atomic E-state index is -1.23. The first kappa shape index (κ1) is 17.1. The van der Waals surface area contributed by atoms with Crippen LogP contribution in [0.25, 0.3) is 0 Å². The minimum absolute atomic E-state index is 0.141. The Bertz CT molecular complexity index is 779. The van der Waals surface area contributed by atoms with Gasteiger partial charge in [0, 0.05) is 0 Å². The number of aliphatic hydroxyl groups is 1. The van der Waals surface area contributed by atoms with Gasteiger partial charge in [-0.15, -0.1) is 0 Å². The molecule has 1 saturated heterocycles. The summed E-state index contributed by atoms with van der Waals surface area (Å²) in [5.41, 5.74) is -0.0911. The number of halogens is 1. The van der Waals surface area contributed by atoms with Crippen LogP contribution in [0.3, 0.4) is 0 Å². The predicted molar refractivity (Wildman–Crippen MR) is 90.0 cm³/mol. The van der Waals surface area contributed by atoms with Crippen molar-refractivity contribution in [3.8, 4) is 0 Å². The lowest BCUT2D eigenvalue weighted by atomic mass is 9.87. The van der Waals surface area contributed by atoms with Gasteiger partial charge in [0.25, 0.3) is 5.91 Å². The highest BCUT2D eigenvalue weighted by Crippen LogP contribution is 2.33. The van der Waals surface area contributed by atoms with Gasteiger partial charge in [0.15, 0.2) is 0 Å². The van der Waals surface area contributed by atoms with E-state index in [0.717, 1.165) is 4.90 Å². The number of hydrogen-bond acceptors (Lipinski definition) is 3. The molecule has 0 aliphatic carbocycles. The van der Waals surface area contributed by atoms with Crippen molar-refractivity contribution in [2.24, 2.45) is 0 Å². The first-order chi connectivity index (χ1) is 12.0. The largest absolute Gasteiger partial charge is 0.387 e. The number of urea groups is 1. The van der Waals surface area contributed by atoms with Crippen molar-refractivity contribution in [3.05, 3.63) is 71.5 Å². The summed E-state index contributed by atoms with van der Waals surface area (Å²) in [6.45, 7) is 1.64. The molecule has 1 aliphatic rings. The second kappa shape index (κ2) is 6.64. The summed E-state index contributed by atoms with van der Waals surface area (Å²) in [4.78, 5) is 26.4. The van der Waals surface area contributed by atoms with Crippen molar-refractivity contribution >= 4 is 11.9 Å². The molecule has 1 aliphatic heterocycles. The first-order valence-electron chi connectivity index (χ1n) is 8.11.